The molecule has 0 heterocycles. The van der Waals surface area contributed by atoms with Crippen LogP contribution in [0, 0.1) is 5.92 Å². The number of nitrogens with one attached hydrogen (secondary N) is 1. The molecule has 0 saturated heterocycles. The summed E-state index contributed by atoms with van der Waals surface area (Å²) >= 11 is 10.9. The zero-order valence-electron chi connectivity index (χ0n) is 8.84. The van der Waals surface area contributed by atoms with Gasteiger partial charge in [0.1, 0.15) is 5.88 Å². The monoisotopic (exact) mass is 267 g/mol. The molecule has 6 heteroatoms. The zero-order chi connectivity index (χ0) is 12.2. The molecule has 0 radical (unpaired) electrons. The fourth-order valence-electron chi connectivity index (χ4n) is 1.82. The van der Waals surface area contributed by atoms with Gasteiger partial charge < -0.3 is 5.11 Å². The van der Waals surface area contributed by atoms with Crippen LogP contribution in [0.5, 0.6) is 0 Å². The first kappa shape index (κ1) is 13.7. The van der Waals surface area contributed by atoms with E-state index in [-0.39, 0.29) is 23.6 Å². The maximum absolute atomic E-state index is 11.6. The molecule has 2 amide bonds. The van der Waals surface area contributed by atoms with Crippen LogP contribution < -0.4 is 5.32 Å². The summed E-state index contributed by atoms with van der Waals surface area (Å²) in [5.41, 5.74) is -0.852. The van der Waals surface area contributed by atoms with Crippen molar-refractivity contribution >= 4 is 35.0 Å². The van der Waals surface area contributed by atoms with Gasteiger partial charge in [-0.15, -0.1) is 23.2 Å². The van der Waals surface area contributed by atoms with Crippen LogP contribution in [0.25, 0.3) is 0 Å². The summed E-state index contributed by atoms with van der Waals surface area (Å²) in [5.74, 6) is -1.05. The van der Waals surface area contributed by atoms with Crippen LogP contribution in [0.4, 0.5) is 0 Å². The van der Waals surface area contributed by atoms with Gasteiger partial charge in [-0.25, -0.2) is 0 Å². The van der Waals surface area contributed by atoms with E-state index in [1.54, 1.807) is 0 Å². The highest BCUT2D eigenvalue weighted by Crippen LogP contribution is 2.32. The molecule has 2 N–H and O–H groups in total. The number of alkyl halides is 2. The highest BCUT2D eigenvalue weighted by molar-refractivity contribution is 6.28. The van der Waals surface area contributed by atoms with E-state index < -0.39 is 11.5 Å². The molecule has 92 valence electrons. The van der Waals surface area contributed by atoms with Gasteiger partial charge in [0, 0.05) is 5.92 Å². The number of imide groups is 1. The molecule has 0 aromatic rings. The predicted octanol–water partition coefficient (Wildman–Crippen LogP) is 1.03. The van der Waals surface area contributed by atoms with Gasteiger partial charge in [0.25, 0.3) is 0 Å². The number of halogens is 2. The molecule has 16 heavy (non-hydrogen) atoms. The molecule has 1 saturated carbocycles. The summed E-state index contributed by atoms with van der Waals surface area (Å²) in [6.07, 6.45) is 2.07. The normalized spacial score (nSPS) is 29.8. The Morgan fingerprint density at radius 1 is 1.31 bits per heavy atom. The second kappa shape index (κ2) is 5.84. The van der Waals surface area contributed by atoms with Gasteiger partial charge in [0.05, 0.1) is 11.5 Å². The molecular formula is C10H15Cl2NO3. The molecule has 4 nitrogen and oxygen atoms in total. The standard InChI is InChI=1S/C10H15Cl2NO3/c11-5-8(14)13-9(15)7-1-3-10(16,6-12)4-2-7/h7,16H,1-6H2,(H,13,14,15). The second-order valence-electron chi connectivity index (χ2n) is 4.18. The highest BCUT2D eigenvalue weighted by Gasteiger charge is 2.35. The first-order chi connectivity index (χ1) is 7.50. The van der Waals surface area contributed by atoms with E-state index in [0.29, 0.717) is 25.7 Å². The molecular weight excluding hydrogens is 253 g/mol. The van der Waals surface area contributed by atoms with Crippen molar-refractivity contribution < 1.29 is 14.7 Å². The van der Waals surface area contributed by atoms with E-state index >= 15 is 0 Å². The van der Waals surface area contributed by atoms with Gasteiger partial charge in [-0.3, -0.25) is 14.9 Å². The molecule has 0 spiro atoms. The minimum Gasteiger partial charge on any atom is -0.389 e. The van der Waals surface area contributed by atoms with Crippen LogP contribution in [0.1, 0.15) is 25.7 Å². The molecule has 0 bridgehead atoms. The van der Waals surface area contributed by atoms with E-state index in [2.05, 4.69) is 5.32 Å². The average Bonchev–Trinajstić information content (AvgIpc) is 2.29. The smallest absolute Gasteiger partial charge is 0.241 e. The molecule has 0 aromatic heterocycles. The Morgan fingerprint density at radius 3 is 2.31 bits per heavy atom. The number of rotatable bonds is 3. The Balaban J connectivity index is 2.42. The predicted molar refractivity (Wildman–Crippen MR) is 61.5 cm³/mol. The molecule has 0 atom stereocenters. The lowest BCUT2D eigenvalue weighted by molar-refractivity contribution is -0.133. The van der Waals surface area contributed by atoms with Crippen LogP contribution in [-0.2, 0) is 9.59 Å². The number of carbonyl (C=O) groups is 2. The fraction of sp³-hybridized carbons (Fsp3) is 0.800. The quantitative estimate of drug-likeness (QED) is 0.751. The lowest BCUT2D eigenvalue weighted by atomic mass is 9.79. The lowest BCUT2D eigenvalue weighted by Gasteiger charge is -2.33. The second-order valence-corrected chi connectivity index (χ2v) is 4.71. The van der Waals surface area contributed by atoms with Crippen LogP contribution in [0.3, 0.4) is 0 Å². The SMILES string of the molecule is O=C(CCl)NC(=O)C1CCC(O)(CCl)CC1. The summed E-state index contributed by atoms with van der Waals surface area (Å²) in [6, 6.07) is 0. The van der Waals surface area contributed by atoms with E-state index in [0.717, 1.165) is 0 Å². The van der Waals surface area contributed by atoms with Crippen LogP contribution in [-0.4, -0.2) is 34.3 Å². The van der Waals surface area contributed by atoms with Crippen molar-refractivity contribution in [1.82, 2.24) is 5.32 Å². The largest absolute Gasteiger partial charge is 0.389 e. The first-order valence-electron chi connectivity index (χ1n) is 5.19. The van der Waals surface area contributed by atoms with Gasteiger partial charge in [0.15, 0.2) is 0 Å². The third-order valence-corrected chi connectivity index (χ3v) is 3.66. The van der Waals surface area contributed by atoms with Crippen molar-refractivity contribution in [2.45, 2.75) is 31.3 Å². The number of amides is 2. The van der Waals surface area contributed by atoms with E-state index in [1.807, 2.05) is 0 Å². The molecule has 1 aliphatic rings. The third-order valence-electron chi connectivity index (χ3n) is 2.92. The van der Waals surface area contributed by atoms with Crippen LogP contribution in [0.2, 0.25) is 0 Å². The third kappa shape index (κ3) is 3.61. The maximum Gasteiger partial charge on any atom is 0.241 e. The Kier molecular flexibility index (Phi) is 5.02. The maximum atomic E-state index is 11.6. The summed E-state index contributed by atoms with van der Waals surface area (Å²) < 4.78 is 0. The van der Waals surface area contributed by atoms with Crippen molar-refractivity contribution in [2.24, 2.45) is 5.92 Å². The van der Waals surface area contributed by atoms with Gasteiger partial charge >= 0.3 is 0 Å². The Labute approximate surface area is 104 Å². The summed E-state index contributed by atoms with van der Waals surface area (Å²) in [7, 11) is 0. The van der Waals surface area contributed by atoms with Crippen molar-refractivity contribution in [2.75, 3.05) is 11.8 Å². The fourth-order valence-corrected chi connectivity index (χ4v) is 2.16. The Hall–Kier alpha value is -0.320. The average molecular weight is 268 g/mol. The summed E-state index contributed by atoms with van der Waals surface area (Å²) in [6.45, 7) is 0. The Morgan fingerprint density at radius 2 is 1.88 bits per heavy atom. The molecule has 1 aliphatic carbocycles. The lowest BCUT2D eigenvalue weighted by Crippen LogP contribution is -2.42. The summed E-state index contributed by atoms with van der Waals surface area (Å²) in [4.78, 5) is 22.5. The van der Waals surface area contributed by atoms with Crippen LogP contribution >= 0.6 is 23.2 Å². The van der Waals surface area contributed by atoms with Crippen molar-refractivity contribution in [3.05, 3.63) is 0 Å². The summed E-state index contributed by atoms with van der Waals surface area (Å²) in [5, 5.41) is 12.1. The molecule has 1 fully saturated rings. The van der Waals surface area contributed by atoms with Crippen molar-refractivity contribution in [1.29, 1.82) is 0 Å². The minimum absolute atomic E-state index is 0.182. The van der Waals surface area contributed by atoms with E-state index in [1.165, 1.54) is 0 Å². The van der Waals surface area contributed by atoms with Gasteiger partial charge in [0.2, 0.25) is 11.8 Å². The van der Waals surface area contributed by atoms with Crippen molar-refractivity contribution in [3.63, 3.8) is 0 Å². The topological polar surface area (TPSA) is 66.4 Å². The van der Waals surface area contributed by atoms with E-state index in [4.69, 9.17) is 23.2 Å². The van der Waals surface area contributed by atoms with Gasteiger partial charge in [-0.2, -0.15) is 0 Å². The number of carbonyl (C=O) groups excluding carboxylic acids is 2. The van der Waals surface area contributed by atoms with Gasteiger partial charge in [-0.1, -0.05) is 0 Å². The molecule has 0 aromatic carbocycles. The molecule has 1 rings (SSSR count). The Bertz CT molecular complexity index is 275. The number of hydrogen-bond donors (Lipinski definition) is 2. The number of aliphatic hydroxyl groups is 1. The van der Waals surface area contributed by atoms with E-state index in [9.17, 15) is 14.7 Å². The molecule has 0 unspecified atom stereocenters. The van der Waals surface area contributed by atoms with Crippen molar-refractivity contribution in [3.8, 4) is 0 Å². The van der Waals surface area contributed by atoms with Crippen LogP contribution in [0.15, 0.2) is 0 Å². The van der Waals surface area contributed by atoms with Gasteiger partial charge in [-0.05, 0) is 25.7 Å². The molecule has 0 aliphatic heterocycles. The number of hydrogen-bond acceptors (Lipinski definition) is 3. The highest BCUT2D eigenvalue weighted by atomic mass is 35.5. The zero-order valence-corrected chi connectivity index (χ0v) is 10.4. The minimum atomic E-state index is -0.852. The first-order valence-corrected chi connectivity index (χ1v) is 6.25.